The SMILES string of the molecule is CC1COc2ccc(-c3ccc(N)nc3)cc2OC1. The van der Waals surface area contributed by atoms with Gasteiger partial charge in [0, 0.05) is 17.7 Å². The zero-order chi connectivity index (χ0) is 13.2. The van der Waals surface area contributed by atoms with E-state index < -0.39 is 0 Å². The van der Waals surface area contributed by atoms with Crippen molar-refractivity contribution in [2.75, 3.05) is 18.9 Å². The maximum atomic E-state index is 5.78. The van der Waals surface area contributed by atoms with Gasteiger partial charge in [0.2, 0.25) is 0 Å². The minimum atomic E-state index is 0.397. The summed E-state index contributed by atoms with van der Waals surface area (Å²) in [7, 11) is 0. The van der Waals surface area contributed by atoms with Crippen LogP contribution < -0.4 is 15.2 Å². The molecule has 1 unspecified atom stereocenters. The lowest BCUT2D eigenvalue weighted by Crippen LogP contribution is -2.12. The largest absolute Gasteiger partial charge is 0.489 e. The number of nitrogens with zero attached hydrogens (tertiary/aromatic N) is 1. The Kier molecular flexibility index (Phi) is 2.99. The molecule has 0 aliphatic carbocycles. The van der Waals surface area contributed by atoms with Gasteiger partial charge in [-0.1, -0.05) is 13.0 Å². The van der Waals surface area contributed by atoms with Crippen LogP contribution in [0.2, 0.25) is 0 Å². The summed E-state index contributed by atoms with van der Waals surface area (Å²) in [6, 6.07) is 9.68. The first-order chi connectivity index (χ1) is 9.22. The number of nitrogens with two attached hydrogens (primary N) is 1. The third-order valence-electron chi connectivity index (χ3n) is 3.11. The molecule has 0 saturated carbocycles. The van der Waals surface area contributed by atoms with Crippen LogP contribution in [-0.4, -0.2) is 18.2 Å². The Morgan fingerprint density at radius 2 is 1.79 bits per heavy atom. The predicted octanol–water partition coefficient (Wildman–Crippen LogP) is 2.74. The van der Waals surface area contributed by atoms with Crippen molar-refractivity contribution in [3.05, 3.63) is 36.5 Å². The van der Waals surface area contributed by atoms with Gasteiger partial charge in [0.1, 0.15) is 5.82 Å². The molecule has 0 amide bonds. The van der Waals surface area contributed by atoms with Crippen molar-refractivity contribution in [1.82, 2.24) is 4.98 Å². The quantitative estimate of drug-likeness (QED) is 0.852. The lowest BCUT2D eigenvalue weighted by molar-refractivity contribution is 0.228. The Labute approximate surface area is 112 Å². The minimum absolute atomic E-state index is 0.397. The first-order valence-corrected chi connectivity index (χ1v) is 6.34. The highest BCUT2D eigenvalue weighted by Gasteiger charge is 2.15. The van der Waals surface area contributed by atoms with Gasteiger partial charge in [-0.25, -0.2) is 4.98 Å². The van der Waals surface area contributed by atoms with Crippen LogP contribution >= 0.6 is 0 Å². The van der Waals surface area contributed by atoms with Gasteiger partial charge in [0.25, 0.3) is 0 Å². The summed E-state index contributed by atoms with van der Waals surface area (Å²) < 4.78 is 11.5. The molecule has 1 aliphatic heterocycles. The first kappa shape index (κ1) is 11.8. The highest BCUT2D eigenvalue weighted by Crippen LogP contribution is 2.34. The molecule has 4 heteroatoms. The molecule has 2 aromatic rings. The second kappa shape index (κ2) is 4.80. The molecule has 3 rings (SSSR count). The second-order valence-corrected chi connectivity index (χ2v) is 4.86. The molecule has 2 N–H and O–H groups in total. The number of rotatable bonds is 1. The highest BCUT2D eigenvalue weighted by molar-refractivity contribution is 5.67. The number of hydrogen-bond donors (Lipinski definition) is 1. The van der Waals surface area contributed by atoms with Crippen molar-refractivity contribution in [3.63, 3.8) is 0 Å². The fourth-order valence-corrected chi connectivity index (χ4v) is 2.01. The van der Waals surface area contributed by atoms with Crippen molar-refractivity contribution in [1.29, 1.82) is 0 Å². The van der Waals surface area contributed by atoms with E-state index in [2.05, 4.69) is 11.9 Å². The molecule has 0 saturated heterocycles. The average Bonchev–Trinajstić information content (AvgIpc) is 2.62. The molecule has 1 aromatic carbocycles. The molecule has 1 aliphatic rings. The monoisotopic (exact) mass is 256 g/mol. The smallest absolute Gasteiger partial charge is 0.161 e. The highest BCUT2D eigenvalue weighted by atomic mass is 16.5. The van der Waals surface area contributed by atoms with Gasteiger partial charge in [-0.15, -0.1) is 0 Å². The number of nitrogen functional groups attached to an aromatic ring is 1. The number of hydrogen-bond acceptors (Lipinski definition) is 4. The molecule has 0 fully saturated rings. The molecule has 1 aromatic heterocycles. The van der Waals surface area contributed by atoms with Crippen LogP contribution in [0.5, 0.6) is 11.5 Å². The molecule has 0 radical (unpaired) electrons. The number of benzene rings is 1. The maximum absolute atomic E-state index is 5.78. The fraction of sp³-hybridized carbons (Fsp3) is 0.267. The summed E-state index contributed by atoms with van der Waals surface area (Å²) in [6.07, 6.45) is 1.76. The summed E-state index contributed by atoms with van der Waals surface area (Å²) in [5, 5.41) is 0. The van der Waals surface area contributed by atoms with E-state index in [-0.39, 0.29) is 0 Å². The molecular weight excluding hydrogens is 240 g/mol. The fourth-order valence-electron chi connectivity index (χ4n) is 2.01. The van der Waals surface area contributed by atoms with Crippen LogP contribution in [0, 0.1) is 5.92 Å². The Hall–Kier alpha value is -2.23. The number of aromatic nitrogens is 1. The molecule has 4 nitrogen and oxygen atoms in total. The van der Waals surface area contributed by atoms with Gasteiger partial charge in [-0.2, -0.15) is 0 Å². The van der Waals surface area contributed by atoms with E-state index in [0.717, 1.165) is 22.6 Å². The van der Waals surface area contributed by atoms with Crippen LogP contribution in [-0.2, 0) is 0 Å². The Morgan fingerprint density at radius 1 is 1.05 bits per heavy atom. The number of fused-ring (bicyclic) bond motifs is 1. The summed E-state index contributed by atoms with van der Waals surface area (Å²) >= 11 is 0. The minimum Gasteiger partial charge on any atom is -0.489 e. The van der Waals surface area contributed by atoms with Crippen molar-refractivity contribution in [2.45, 2.75) is 6.92 Å². The van der Waals surface area contributed by atoms with Crippen molar-refractivity contribution < 1.29 is 9.47 Å². The van der Waals surface area contributed by atoms with Gasteiger partial charge in [-0.05, 0) is 29.8 Å². The van der Waals surface area contributed by atoms with Gasteiger partial charge >= 0.3 is 0 Å². The lowest BCUT2D eigenvalue weighted by Gasteiger charge is -2.09. The normalized spacial score (nSPS) is 17.8. The number of pyridine rings is 1. The van der Waals surface area contributed by atoms with Gasteiger partial charge in [0.05, 0.1) is 13.2 Å². The van der Waals surface area contributed by atoms with E-state index in [0.29, 0.717) is 24.9 Å². The third-order valence-corrected chi connectivity index (χ3v) is 3.11. The summed E-state index contributed by atoms with van der Waals surface area (Å²) in [6.45, 7) is 3.48. The van der Waals surface area contributed by atoms with Crippen molar-refractivity contribution >= 4 is 5.82 Å². The van der Waals surface area contributed by atoms with E-state index in [1.807, 2.05) is 24.3 Å². The van der Waals surface area contributed by atoms with Gasteiger partial charge < -0.3 is 15.2 Å². The van der Waals surface area contributed by atoms with Crippen molar-refractivity contribution in [3.8, 4) is 22.6 Å². The van der Waals surface area contributed by atoms with E-state index in [1.54, 1.807) is 12.3 Å². The molecule has 0 bridgehead atoms. The summed E-state index contributed by atoms with van der Waals surface area (Å²) in [5.41, 5.74) is 7.65. The first-order valence-electron chi connectivity index (χ1n) is 6.34. The molecule has 19 heavy (non-hydrogen) atoms. The lowest BCUT2D eigenvalue weighted by atomic mass is 10.1. The Balaban J connectivity index is 1.95. The molecule has 1 atom stereocenters. The number of anilines is 1. The molecular formula is C15H16N2O2. The van der Waals surface area contributed by atoms with Gasteiger partial charge in [-0.3, -0.25) is 0 Å². The third kappa shape index (κ3) is 2.47. The summed E-state index contributed by atoms with van der Waals surface area (Å²) in [5.74, 6) is 2.51. The Morgan fingerprint density at radius 3 is 2.53 bits per heavy atom. The Bertz CT molecular complexity index is 581. The topological polar surface area (TPSA) is 57.4 Å². The molecule has 98 valence electrons. The standard InChI is InChI=1S/C15H16N2O2/c1-10-8-18-13-4-2-11(6-14(13)19-9-10)12-3-5-15(16)17-7-12/h2-7,10H,8-9H2,1H3,(H2,16,17). The summed E-state index contributed by atoms with van der Waals surface area (Å²) in [4.78, 5) is 4.10. The van der Waals surface area contributed by atoms with Crippen LogP contribution in [0.4, 0.5) is 5.82 Å². The zero-order valence-corrected chi connectivity index (χ0v) is 10.8. The maximum Gasteiger partial charge on any atom is 0.161 e. The van der Waals surface area contributed by atoms with E-state index in [1.165, 1.54) is 0 Å². The van der Waals surface area contributed by atoms with Crippen molar-refractivity contribution in [2.24, 2.45) is 5.92 Å². The van der Waals surface area contributed by atoms with E-state index in [4.69, 9.17) is 15.2 Å². The number of ether oxygens (including phenoxy) is 2. The average molecular weight is 256 g/mol. The van der Waals surface area contributed by atoms with E-state index >= 15 is 0 Å². The van der Waals surface area contributed by atoms with Crippen LogP contribution in [0.3, 0.4) is 0 Å². The van der Waals surface area contributed by atoms with Crippen LogP contribution in [0.25, 0.3) is 11.1 Å². The second-order valence-electron chi connectivity index (χ2n) is 4.86. The van der Waals surface area contributed by atoms with E-state index in [9.17, 15) is 0 Å². The zero-order valence-electron chi connectivity index (χ0n) is 10.8. The molecule has 0 spiro atoms. The van der Waals surface area contributed by atoms with Crippen LogP contribution in [0.15, 0.2) is 36.5 Å². The molecule has 2 heterocycles. The van der Waals surface area contributed by atoms with Gasteiger partial charge in [0.15, 0.2) is 11.5 Å². The predicted molar refractivity (Wildman–Crippen MR) is 74.2 cm³/mol. The van der Waals surface area contributed by atoms with Crippen LogP contribution in [0.1, 0.15) is 6.92 Å².